The minimum atomic E-state index is -0.971. The first-order valence-corrected chi connectivity index (χ1v) is 6.00. The molecule has 0 saturated carbocycles. The van der Waals surface area contributed by atoms with Crippen LogP contribution in [0, 0.1) is 0 Å². The predicted octanol–water partition coefficient (Wildman–Crippen LogP) is 2.46. The summed E-state index contributed by atoms with van der Waals surface area (Å²) in [6.07, 6.45) is 4.57. The van der Waals surface area contributed by atoms with Crippen molar-refractivity contribution in [2.75, 3.05) is 13.7 Å². The Morgan fingerprint density at radius 3 is 2.38 bits per heavy atom. The molecule has 0 aromatic rings. The van der Waals surface area contributed by atoms with Crippen molar-refractivity contribution >= 4 is 5.97 Å². The molecule has 1 N–H and O–H groups in total. The van der Waals surface area contributed by atoms with Gasteiger partial charge in [-0.2, -0.15) is 0 Å². The highest BCUT2D eigenvalue weighted by molar-refractivity contribution is 5.73. The maximum Gasteiger partial charge on any atom is 0.335 e. The number of carboxylic acid groups (broad SMARTS) is 1. The zero-order valence-corrected chi connectivity index (χ0v) is 10.6. The summed E-state index contributed by atoms with van der Waals surface area (Å²) in [5, 5.41) is 8.81. The molecule has 2 atom stereocenters. The van der Waals surface area contributed by atoms with Gasteiger partial charge in [0.2, 0.25) is 0 Å². The number of carboxylic acids is 1. The number of hydrogen-bond acceptors (Lipinski definition) is 3. The van der Waals surface area contributed by atoms with Crippen LogP contribution in [-0.4, -0.2) is 37.0 Å². The molecule has 0 spiro atoms. The molecular formula is C12H24O4. The lowest BCUT2D eigenvalue weighted by atomic mass is 10.1. The van der Waals surface area contributed by atoms with Gasteiger partial charge in [-0.1, -0.05) is 32.6 Å². The third kappa shape index (κ3) is 6.80. The molecule has 0 saturated heterocycles. The number of unbranched alkanes of at least 4 members (excludes halogenated alkanes) is 4. The highest BCUT2D eigenvalue weighted by Crippen LogP contribution is 2.07. The van der Waals surface area contributed by atoms with Crippen LogP contribution in [0.4, 0.5) is 0 Å². The smallest absolute Gasteiger partial charge is 0.335 e. The first kappa shape index (κ1) is 15.4. The maximum atomic E-state index is 10.7. The minimum absolute atomic E-state index is 0.395. The van der Waals surface area contributed by atoms with E-state index in [1.807, 2.05) is 0 Å². The molecule has 0 aliphatic heterocycles. The van der Waals surface area contributed by atoms with Gasteiger partial charge in [0.05, 0.1) is 6.10 Å². The number of aliphatic carboxylic acids is 1. The average molecular weight is 232 g/mol. The molecule has 4 heteroatoms. The molecule has 0 aromatic heterocycles. The van der Waals surface area contributed by atoms with Gasteiger partial charge in [-0.15, -0.1) is 0 Å². The van der Waals surface area contributed by atoms with E-state index in [2.05, 4.69) is 6.92 Å². The van der Waals surface area contributed by atoms with Crippen molar-refractivity contribution in [2.24, 2.45) is 0 Å². The summed E-state index contributed by atoms with van der Waals surface area (Å²) in [7, 11) is 1.39. The molecule has 0 fully saturated rings. The lowest BCUT2D eigenvalue weighted by Crippen LogP contribution is -2.35. The van der Waals surface area contributed by atoms with Crippen LogP contribution in [0.1, 0.15) is 46.0 Å². The third-order valence-corrected chi connectivity index (χ3v) is 2.55. The van der Waals surface area contributed by atoms with Gasteiger partial charge in [-0.25, -0.2) is 4.79 Å². The summed E-state index contributed by atoms with van der Waals surface area (Å²) in [4.78, 5) is 10.7. The van der Waals surface area contributed by atoms with Crippen LogP contribution in [0.25, 0.3) is 0 Å². The van der Waals surface area contributed by atoms with E-state index in [4.69, 9.17) is 14.6 Å². The van der Waals surface area contributed by atoms with Crippen molar-refractivity contribution in [3.8, 4) is 0 Å². The summed E-state index contributed by atoms with van der Waals surface area (Å²) < 4.78 is 10.3. The number of rotatable bonds is 10. The molecule has 0 amide bonds. The van der Waals surface area contributed by atoms with Gasteiger partial charge < -0.3 is 14.6 Å². The summed E-state index contributed by atoms with van der Waals surface area (Å²) in [6.45, 7) is 4.51. The van der Waals surface area contributed by atoms with E-state index < -0.39 is 18.2 Å². The Balaban J connectivity index is 3.55. The minimum Gasteiger partial charge on any atom is -0.479 e. The van der Waals surface area contributed by atoms with Crippen molar-refractivity contribution < 1.29 is 19.4 Å². The van der Waals surface area contributed by atoms with Crippen molar-refractivity contribution in [3.63, 3.8) is 0 Å². The SMILES string of the molecule is CCCCCCCOC(C)C(OC)C(=O)O. The molecule has 0 aromatic carbocycles. The highest BCUT2D eigenvalue weighted by Gasteiger charge is 2.24. The summed E-state index contributed by atoms with van der Waals surface area (Å²) in [5.74, 6) is -0.971. The lowest BCUT2D eigenvalue weighted by molar-refractivity contribution is -0.157. The molecular weight excluding hydrogens is 208 g/mol. The predicted molar refractivity (Wildman–Crippen MR) is 62.6 cm³/mol. The molecule has 96 valence electrons. The summed E-state index contributed by atoms with van der Waals surface area (Å²) >= 11 is 0. The standard InChI is InChI=1S/C12H24O4/c1-4-5-6-7-8-9-16-10(2)11(15-3)12(13)14/h10-11H,4-9H2,1-3H3,(H,13,14). The lowest BCUT2D eigenvalue weighted by Gasteiger charge is -2.19. The molecule has 0 bridgehead atoms. The van der Waals surface area contributed by atoms with Crippen molar-refractivity contribution in [1.82, 2.24) is 0 Å². The van der Waals surface area contributed by atoms with Crippen LogP contribution in [0.2, 0.25) is 0 Å². The van der Waals surface area contributed by atoms with Crippen LogP contribution >= 0.6 is 0 Å². The Bertz CT molecular complexity index is 182. The van der Waals surface area contributed by atoms with Gasteiger partial charge in [0.1, 0.15) is 0 Å². The first-order valence-electron chi connectivity index (χ1n) is 6.00. The summed E-state index contributed by atoms with van der Waals surface area (Å²) in [5.41, 5.74) is 0. The van der Waals surface area contributed by atoms with Gasteiger partial charge in [0.25, 0.3) is 0 Å². The van der Waals surface area contributed by atoms with Crippen LogP contribution in [0.3, 0.4) is 0 Å². The zero-order chi connectivity index (χ0) is 12.4. The molecule has 0 aliphatic rings. The largest absolute Gasteiger partial charge is 0.479 e. The average Bonchev–Trinajstić information content (AvgIpc) is 2.23. The van der Waals surface area contributed by atoms with Gasteiger partial charge in [-0.05, 0) is 13.3 Å². The Labute approximate surface area is 97.9 Å². The van der Waals surface area contributed by atoms with Crippen LogP contribution in [0.5, 0.6) is 0 Å². The zero-order valence-electron chi connectivity index (χ0n) is 10.6. The second-order valence-corrected chi connectivity index (χ2v) is 3.98. The molecule has 4 nitrogen and oxygen atoms in total. The molecule has 0 radical (unpaired) electrons. The van der Waals surface area contributed by atoms with Crippen LogP contribution in [0.15, 0.2) is 0 Å². The Hall–Kier alpha value is -0.610. The van der Waals surface area contributed by atoms with E-state index in [1.165, 1.54) is 26.4 Å². The van der Waals surface area contributed by atoms with E-state index in [9.17, 15) is 4.79 Å². The van der Waals surface area contributed by atoms with Crippen LogP contribution in [-0.2, 0) is 14.3 Å². The quantitative estimate of drug-likeness (QED) is 0.588. The van der Waals surface area contributed by atoms with Gasteiger partial charge in [-0.3, -0.25) is 0 Å². The molecule has 16 heavy (non-hydrogen) atoms. The van der Waals surface area contributed by atoms with Crippen molar-refractivity contribution in [2.45, 2.75) is 58.2 Å². The summed E-state index contributed by atoms with van der Waals surface area (Å²) in [6, 6.07) is 0. The van der Waals surface area contributed by atoms with Gasteiger partial charge in [0, 0.05) is 13.7 Å². The van der Waals surface area contributed by atoms with Crippen LogP contribution < -0.4 is 0 Å². The first-order chi connectivity index (χ1) is 7.63. The van der Waals surface area contributed by atoms with Gasteiger partial charge >= 0.3 is 5.97 Å². The number of ether oxygens (including phenoxy) is 2. The second-order valence-electron chi connectivity index (χ2n) is 3.98. The van der Waals surface area contributed by atoms with E-state index in [1.54, 1.807) is 6.92 Å². The number of methoxy groups -OCH3 is 1. The van der Waals surface area contributed by atoms with E-state index >= 15 is 0 Å². The van der Waals surface area contributed by atoms with Crippen molar-refractivity contribution in [1.29, 1.82) is 0 Å². The fraction of sp³-hybridized carbons (Fsp3) is 0.917. The van der Waals surface area contributed by atoms with Crippen molar-refractivity contribution in [3.05, 3.63) is 0 Å². The maximum absolute atomic E-state index is 10.7. The molecule has 2 unspecified atom stereocenters. The number of hydrogen-bond donors (Lipinski definition) is 1. The Kier molecular flexibility index (Phi) is 9.24. The fourth-order valence-electron chi connectivity index (χ4n) is 1.56. The monoisotopic (exact) mass is 232 g/mol. The highest BCUT2D eigenvalue weighted by atomic mass is 16.5. The van der Waals surface area contributed by atoms with E-state index in [-0.39, 0.29) is 0 Å². The normalized spacial score (nSPS) is 14.7. The van der Waals surface area contributed by atoms with Gasteiger partial charge in [0.15, 0.2) is 6.10 Å². The molecule has 0 heterocycles. The third-order valence-electron chi connectivity index (χ3n) is 2.55. The topological polar surface area (TPSA) is 55.8 Å². The molecule has 0 rings (SSSR count). The fourth-order valence-corrected chi connectivity index (χ4v) is 1.56. The van der Waals surface area contributed by atoms with E-state index in [0.717, 1.165) is 12.8 Å². The Morgan fingerprint density at radius 2 is 1.88 bits per heavy atom. The Morgan fingerprint density at radius 1 is 1.25 bits per heavy atom. The molecule has 0 aliphatic carbocycles. The van der Waals surface area contributed by atoms with E-state index in [0.29, 0.717) is 6.61 Å². The number of carbonyl (C=O) groups is 1. The second kappa shape index (κ2) is 9.60.